The summed E-state index contributed by atoms with van der Waals surface area (Å²) in [5.41, 5.74) is 7.84. The maximum absolute atomic E-state index is 14.8. The van der Waals surface area contributed by atoms with Crippen molar-refractivity contribution in [3.8, 4) is 11.1 Å². The number of carbonyl (C=O) groups is 1. The van der Waals surface area contributed by atoms with Gasteiger partial charge in [-0.15, -0.1) is 0 Å². The first kappa shape index (κ1) is 21.9. The number of anilines is 2. The van der Waals surface area contributed by atoms with E-state index in [0.717, 1.165) is 25.9 Å². The van der Waals surface area contributed by atoms with Gasteiger partial charge in [-0.1, -0.05) is 12.5 Å². The molecule has 5 rings (SSSR count). The lowest BCUT2D eigenvalue weighted by atomic mass is 9.99. The first-order chi connectivity index (χ1) is 16.5. The van der Waals surface area contributed by atoms with Crippen LogP contribution in [0.25, 0.3) is 22.0 Å². The number of nitrogens with zero attached hydrogens (tertiary/aromatic N) is 4. The van der Waals surface area contributed by atoms with Gasteiger partial charge >= 0.3 is 0 Å². The van der Waals surface area contributed by atoms with Gasteiger partial charge < -0.3 is 11.1 Å². The summed E-state index contributed by atoms with van der Waals surface area (Å²) >= 11 is 0. The van der Waals surface area contributed by atoms with Gasteiger partial charge in [-0.25, -0.2) is 18.7 Å². The molecule has 2 aromatic carbocycles. The normalized spacial score (nSPS) is 14.4. The van der Waals surface area contributed by atoms with Gasteiger partial charge in [0.25, 0.3) is 5.91 Å². The van der Waals surface area contributed by atoms with Crippen LogP contribution in [-0.2, 0) is 6.54 Å². The number of aromatic amines is 1. The number of nitrogens with one attached hydrogen (secondary N) is 2. The maximum atomic E-state index is 14.8. The molecule has 0 atom stereocenters. The smallest absolute Gasteiger partial charge is 0.276 e. The second kappa shape index (κ2) is 9.14. The van der Waals surface area contributed by atoms with Crippen LogP contribution < -0.4 is 11.1 Å². The Morgan fingerprint density at radius 1 is 1.09 bits per heavy atom. The summed E-state index contributed by atoms with van der Waals surface area (Å²) in [6, 6.07) is 7.95. The number of likely N-dealkylation sites (tertiary alicyclic amines) is 1. The van der Waals surface area contributed by atoms with Gasteiger partial charge in [-0.05, 0) is 61.3 Å². The van der Waals surface area contributed by atoms with E-state index in [9.17, 15) is 13.6 Å². The van der Waals surface area contributed by atoms with Crippen molar-refractivity contribution in [2.75, 3.05) is 24.1 Å². The molecule has 0 bridgehead atoms. The van der Waals surface area contributed by atoms with Gasteiger partial charge in [-0.2, -0.15) is 5.10 Å². The van der Waals surface area contributed by atoms with Crippen molar-refractivity contribution in [2.24, 2.45) is 0 Å². The van der Waals surface area contributed by atoms with Crippen LogP contribution in [0.2, 0.25) is 0 Å². The molecule has 8 nitrogen and oxygen atoms in total. The second-order valence-electron chi connectivity index (χ2n) is 8.39. The first-order valence-corrected chi connectivity index (χ1v) is 11.1. The molecule has 4 aromatic rings. The predicted octanol–water partition coefficient (Wildman–Crippen LogP) is 4.12. The number of halogens is 2. The summed E-state index contributed by atoms with van der Waals surface area (Å²) in [6.07, 6.45) is 6.19. The van der Waals surface area contributed by atoms with E-state index in [1.807, 2.05) is 0 Å². The average Bonchev–Trinajstić information content (AvgIpc) is 3.27. The Kier molecular flexibility index (Phi) is 5.89. The lowest BCUT2D eigenvalue weighted by molar-refractivity contribution is 0.102. The minimum atomic E-state index is -0.921. The van der Waals surface area contributed by atoms with Crippen LogP contribution in [0.15, 0.2) is 42.7 Å². The highest BCUT2D eigenvalue weighted by Crippen LogP contribution is 2.30. The minimum Gasteiger partial charge on any atom is -0.368 e. The van der Waals surface area contributed by atoms with E-state index in [0.29, 0.717) is 34.3 Å². The van der Waals surface area contributed by atoms with Crippen LogP contribution >= 0.6 is 0 Å². The number of rotatable bonds is 5. The Labute approximate surface area is 194 Å². The van der Waals surface area contributed by atoms with Crippen molar-refractivity contribution < 1.29 is 13.6 Å². The standard InChI is InChI=1S/C24H23F2N7O/c25-19-9-14(13-33-6-2-1-3-7-33)8-17(21(19)26)15-4-5-20-18(10-15)22(32-31-20)23(34)30-16-11-28-24(27)29-12-16/h4-5,8-12H,1-3,6-7,13H2,(H,30,34)(H,31,32)(H2,27,28,29). The Balaban J connectivity index is 1.47. The summed E-state index contributed by atoms with van der Waals surface area (Å²) in [7, 11) is 0. The average molecular weight is 463 g/mol. The first-order valence-electron chi connectivity index (χ1n) is 11.1. The minimum absolute atomic E-state index is 0.0876. The lowest BCUT2D eigenvalue weighted by Gasteiger charge is -2.26. The van der Waals surface area contributed by atoms with E-state index in [1.54, 1.807) is 24.3 Å². The summed E-state index contributed by atoms with van der Waals surface area (Å²) in [6.45, 7) is 2.47. The number of fused-ring (bicyclic) bond motifs is 1. The number of benzene rings is 2. The van der Waals surface area contributed by atoms with Crippen LogP contribution in [-0.4, -0.2) is 44.1 Å². The van der Waals surface area contributed by atoms with Crippen molar-refractivity contribution in [3.05, 3.63) is 65.6 Å². The van der Waals surface area contributed by atoms with Gasteiger partial charge in [0.05, 0.1) is 23.6 Å². The number of amides is 1. The molecule has 10 heteroatoms. The molecule has 4 N–H and O–H groups in total. The Morgan fingerprint density at radius 3 is 2.62 bits per heavy atom. The topological polar surface area (TPSA) is 113 Å². The Bertz CT molecular complexity index is 1350. The maximum Gasteiger partial charge on any atom is 0.276 e. The number of carbonyl (C=O) groups excluding carboxylic acids is 1. The van der Waals surface area contributed by atoms with Gasteiger partial charge in [0.15, 0.2) is 17.3 Å². The van der Waals surface area contributed by atoms with Crippen LogP contribution in [0.1, 0.15) is 35.3 Å². The zero-order valence-corrected chi connectivity index (χ0v) is 18.3. The number of aromatic nitrogens is 4. The van der Waals surface area contributed by atoms with Crippen LogP contribution in [0.4, 0.5) is 20.4 Å². The molecular weight excluding hydrogens is 440 g/mol. The zero-order chi connectivity index (χ0) is 23.7. The summed E-state index contributed by atoms with van der Waals surface area (Å²) < 4.78 is 29.4. The predicted molar refractivity (Wildman–Crippen MR) is 125 cm³/mol. The van der Waals surface area contributed by atoms with E-state index < -0.39 is 17.5 Å². The molecular formula is C24H23F2N7O. The van der Waals surface area contributed by atoms with Crippen molar-refractivity contribution in [1.29, 1.82) is 0 Å². The largest absolute Gasteiger partial charge is 0.368 e. The van der Waals surface area contributed by atoms with E-state index in [-0.39, 0.29) is 17.2 Å². The van der Waals surface area contributed by atoms with Gasteiger partial charge in [0.1, 0.15) is 0 Å². The van der Waals surface area contributed by atoms with Crippen molar-refractivity contribution in [1.82, 2.24) is 25.1 Å². The number of piperidine rings is 1. The number of nitrogen functional groups attached to an aromatic ring is 1. The quantitative estimate of drug-likeness (QED) is 0.410. The highest BCUT2D eigenvalue weighted by atomic mass is 19.2. The van der Waals surface area contributed by atoms with Crippen molar-refractivity contribution >= 4 is 28.4 Å². The van der Waals surface area contributed by atoms with E-state index in [2.05, 4.69) is 30.4 Å². The summed E-state index contributed by atoms with van der Waals surface area (Å²) in [4.78, 5) is 22.7. The summed E-state index contributed by atoms with van der Waals surface area (Å²) in [5, 5.41) is 10.0. The molecule has 0 saturated carbocycles. The number of hydrogen-bond acceptors (Lipinski definition) is 6. The zero-order valence-electron chi connectivity index (χ0n) is 18.3. The molecule has 3 heterocycles. The van der Waals surface area contributed by atoms with Gasteiger partial charge in [0.2, 0.25) is 5.95 Å². The third-order valence-electron chi connectivity index (χ3n) is 5.96. The fourth-order valence-corrected chi connectivity index (χ4v) is 4.27. The molecule has 2 aromatic heterocycles. The molecule has 1 fully saturated rings. The molecule has 174 valence electrons. The van der Waals surface area contributed by atoms with E-state index in [1.165, 1.54) is 24.9 Å². The van der Waals surface area contributed by atoms with E-state index >= 15 is 0 Å². The summed E-state index contributed by atoms with van der Waals surface area (Å²) in [5.74, 6) is -2.22. The van der Waals surface area contributed by atoms with Crippen molar-refractivity contribution in [3.63, 3.8) is 0 Å². The number of nitrogens with two attached hydrogens (primary N) is 1. The van der Waals surface area contributed by atoms with Gasteiger partial charge in [0, 0.05) is 17.5 Å². The lowest BCUT2D eigenvalue weighted by Crippen LogP contribution is -2.29. The second-order valence-corrected chi connectivity index (χ2v) is 8.39. The van der Waals surface area contributed by atoms with Crippen molar-refractivity contribution in [2.45, 2.75) is 25.8 Å². The third-order valence-corrected chi connectivity index (χ3v) is 5.96. The highest BCUT2D eigenvalue weighted by molar-refractivity contribution is 6.11. The van der Waals surface area contributed by atoms with Gasteiger partial charge in [-0.3, -0.25) is 14.8 Å². The molecule has 1 saturated heterocycles. The number of H-pyrrole nitrogens is 1. The van der Waals surface area contributed by atoms with Crippen LogP contribution in [0, 0.1) is 11.6 Å². The van der Waals surface area contributed by atoms with Crippen LogP contribution in [0.5, 0.6) is 0 Å². The Hall–Kier alpha value is -3.92. The molecule has 1 aliphatic rings. The van der Waals surface area contributed by atoms with Crippen LogP contribution in [0.3, 0.4) is 0 Å². The molecule has 1 aliphatic heterocycles. The number of hydrogen-bond donors (Lipinski definition) is 3. The SMILES string of the molecule is Nc1ncc(NC(=O)c2n[nH]c3ccc(-c4cc(CN5CCCCC5)cc(F)c4F)cc23)cn1. The molecule has 0 aliphatic carbocycles. The fourth-order valence-electron chi connectivity index (χ4n) is 4.27. The monoisotopic (exact) mass is 463 g/mol. The third kappa shape index (κ3) is 4.44. The molecule has 0 unspecified atom stereocenters. The highest BCUT2D eigenvalue weighted by Gasteiger charge is 2.19. The molecule has 0 spiro atoms. The molecule has 34 heavy (non-hydrogen) atoms. The Morgan fingerprint density at radius 2 is 1.85 bits per heavy atom. The fraction of sp³-hybridized carbons (Fsp3) is 0.250. The molecule has 1 amide bonds. The van der Waals surface area contributed by atoms with E-state index in [4.69, 9.17) is 5.73 Å². The molecule has 0 radical (unpaired) electrons.